The third kappa shape index (κ3) is 6.50. The molecule has 0 saturated heterocycles. The Morgan fingerprint density at radius 1 is 1.02 bits per heavy atom. The highest BCUT2D eigenvalue weighted by Crippen LogP contribution is 2.47. The van der Waals surface area contributed by atoms with E-state index in [1.54, 1.807) is 54.9 Å². The second-order valence-electron chi connectivity index (χ2n) is 11.9. The molecule has 6 rings (SSSR count). The molecule has 3 amide bonds. The number of pyridine rings is 2. The first-order valence-electron chi connectivity index (χ1n) is 14.9. The summed E-state index contributed by atoms with van der Waals surface area (Å²) in [7, 11) is -3.95. The molecule has 2 aliphatic rings. The number of urea groups is 1. The number of anilines is 1. The Bertz CT molecular complexity index is 1940. The molecule has 1 saturated carbocycles. The van der Waals surface area contributed by atoms with Crippen molar-refractivity contribution in [3.05, 3.63) is 95.1 Å². The van der Waals surface area contributed by atoms with Gasteiger partial charge in [0.15, 0.2) is 0 Å². The minimum atomic E-state index is -3.95. The Morgan fingerprint density at radius 3 is 2.56 bits per heavy atom. The maximum absolute atomic E-state index is 13.8. The molecule has 2 atom stereocenters. The number of rotatable bonds is 9. The molecule has 2 unspecified atom stereocenters. The predicted octanol–water partition coefficient (Wildman–Crippen LogP) is 5.05. The second kappa shape index (κ2) is 12.3. The van der Waals surface area contributed by atoms with Crippen molar-refractivity contribution in [1.29, 1.82) is 5.26 Å². The zero-order chi connectivity index (χ0) is 31.7. The number of sulfonamides is 1. The highest BCUT2D eigenvalue weighted by molar-refractivity contribution is 7.89. The van der Waals surface area contributed by atoms with Crippen LogP contribution in [0.5, 0.6) is 0 Å². The molecular weight excluding hydrogens is 590 g/mol. The van der Waals surface area contributed by atoms with Crippen molar-refractivity contribution in [1.82, 2.24) is 25.3 Å². The fourth-order valence-corrected chi connectivity index (χ4v) is 7.13. The molecule has 4 N–H and O–H groups in total. The molecule has 45 heavy (non-hydrogen) atoms. The highest BCUT2D eigenvalue weighted by Gasteiger charge is 2.38. The average molecular weight is 624 g/mol. The standard InChI is InChI=1S/C33H33N7O4S/c1-19(2)16-37-45(43,44)30-13-25-28(40-33(42)38-23-7-3-5-20(11-23)15-34)14-29(39-32(41)22-6-4-10-35-17-22)31(25)26-18-36-27(12-24(26)30)21-8-9-21/h3-7,10-13,17-19,21,28-29,37H,8-9,14,16H2,1-2H3,(H,39,41)(H2,38,40,42). The largest absolute Gasteiger partial charge is 0.345 e. The Morgan fingerprint density at radius 2 is 1.84 bits per heavy atom. The van der Waals surface area contributed by atoms with Gasteiger partial charge in [0.2, 0.25) is 10.0 Å². The molecule has 0 aliphatic heterocycles. The van der Waals surface area contributed by atoms with Crippen LogP contribution in [0.2, 0.25) is 0 Å². The summed E-state index contributed by atoms with van der Waals surface area (Å²) in [5, 5.41) is 19.2. The summed E-state index contributed by atoms with van der Waals surface area (Å²) in [5.74, 6) is 0.0397. The van der Waals surface area contributed by atoms with Gasteiger partial charge in [0.25, 0.3) is 5.91 Å². The van der Waals surface area contributed by atoms with Crippen molar-refractivity contribution < 1.29 is 18.0 Å². The summed E-state index contributed by atoms with van der Waals surface area (Å²) in [4.78, 5) is 35.4. The number of fused-ring (bicyclic) bond motifs is 3. The number of nitriles is 1. The van der Waals surface area contributed by atoms with Crippen LogP contribution in [0.25, 0.3) is 10.8 Å². The number of carbonyl (C=O) groups excluding carboxylic acids is 2. The van der Waals surface area contributed by atoms with Gasteiger partial charge < -0.3 is 16.0 Å². The van der Waals surface area contributed by atoms with Crippen molar-refractivity contribution in [3.8, 4) is 6.07 Å². The van der Waals surface area contributed by atoms with Gasteiger partial charge in [-0.3, -0.25) is 14.8 Å². The van der Waals surface area contributed by atoms with E-state index in [0.29, 0.717) is 44.6 Å². The van der Waals surface area contributed by atoms with E-state index in [0.717, 1.165) is 18.5 Å². The molecule has 1 fully saturated rings. The van der Waals surface area contributed by atoms with Crippen LogP contribution in [0.4, 0.5) is 10.5 Å². The van der Waals surface area contributed by atoms with Crippen LogP contribution in [-0.4, -0.2) is 36.9 Å². The van der Waals surface area contributed by atoms with E-state index in [-0.39, 0.29) is 29.7 Å². The van der Waals surface area contributed by atoms with E-state index in [9.17, 15) is 23.3 Å². The third-order valence-electron chi connectivity index (χ3n) is 8.02. The maximum atomic E-state index is 13.8. The number of nitrogens with one attached hydrogen (secondary N) is 4. The van der Waals surface area contributed by atoms with E-state index < -0.39 is 28.1 Å². The quantitative estimate of drug-likeness (QED) is 0.202. The predicted molar refractivity (Wildman–Crippen MR) is 169 cm³/mol. The SMILES string of the molecule is CC(C)CNS(=O)(=O)c1cc2c(c3cnc(C4CC4)cc13)C(NC(=O)c1cccnc1)CC2NC(=O)Nc1cccc(C#N)c1. The molecule has 0 radical (unpaired) electrons. The number of carbonyl (C=O) groups is 2. The van der Waals surface area contributed by atoms with Gasteiger partial charge in [-0.15, -0.1) is 0 Å². The highest BCUT2D eigenvalue weighted by atomic mass is 32.2. The van der Waals surface area contributed by atoms with Crippen LogP contribution >= 0.6 is 0 Å². The fraction of sp³-hybridized carbons (Fsp3) is 0.303. The van der Waals surface area contributed by atoms with Gasteiger partial charge in [-0.2, -0.15) is 5.26 Å². The smallest absolute Gasteiger partial charge is 0.319 e. The summed E-state index contributed by atoms with van der Waals surface area (Å²) >= 11 is 0. The fourth-order valence-electron chi connectivity index (χ4n) is 5.68. The van der Waals surface area contributed by atoms with Crippen molar-refractivity contribution in [3.63, 3.8) is 0 Å². The number of nitrogens with zero attached hydrogens (tertiary/aromatic N) is 3. The van der Waals surface area contributed by atoms with E-state index >= 15 is 0 Å². The van der Waals surface area contributed by atoms with Crippen molar-refractivity contribution in [2.24, 2.45) is 5.92 Å². The molecule has 230 valence electrons. The topological polar surface area (TPSA) is 166 Å². The van der Waals surface area contributed by atoms with Crippen LogP contribution in [0.15, 0.2) is 72.0 Å². The first kappa shape index (κ1) is 30.2. The number of aromatic nitrogens is 2. The van der Waals surface area contributed by atoms with E-state index in [1.807, 2.05) is 26.0 Å². The van der Waals surface area contributed by atoms with E-state index in [4.69, 9.17) is 4.98 Å². The summed E-state index contributed by atoms with van der Waals surface area (Å²) in [6.45, 7) is 4.12. The Balaban J connectivity index is 1.43. The zero-order valence-corrected chi connectivity index (χ0v) is 25.7. The Labute approximate surface area is 261 Å². The normalized spacial score (nSPS) is 17.5. The number of benzene rings is 2. The molecule has 12 heteroatoms. The summed E-state index contributed by atoms with van der Waals surface area (Å²) in [6, 6.07) is 13.6. The van der Waals surface area contributed by atoms with Gasteiger partial charge in [0, 0.05) is 53.2 Å². The molecule has 0 bridgehead atoms. The summed E-state index contributed by atoms with van der Waals surface area (Å²) < 4.78 is 30.3. The number of hydrogen-bond donors (Lipinski definition) is 4. The monoisotopic (exact) mass is 623 g/mol. The second-order valence-corrected chi connectivity index (χ2v) is 13.6. The molecule has 2 aromatic heterocycles. The lowest BCUT2D eigenvalue weighted by atomic mass is 9.98. The third-order valence-corrected chi connectivity index (χ3v) is 9.49. The zero-order valence-electron chi connectivity index (χ0n) is 24.9. The molecule has 2 heterocycles. The first-order chi connectivity index (χ1) is 21.6. The number of amides is 3. The van der Waals surface area contributed by atoms with Crippen LogP contribution in [0.3, 0.4) is 0 Å². The minimum absolute atomic E-state index is 0.0916. The molecular formula is C33H33N7O4S. The lowest BCUT2D eigenvalue weighted by Gasteiger charge is -2.19. The summed E-state index contributed by atoms with van der Waals surface area (Å²) in [5.41, 5.74) is 3.32. The van der Waals surface area contributed by atoms with Gasteiger partial charge in [-0.25, -0.2) is 17.9 Å². The van der Waals surface area contributed by atoms with Crippen molar-refractivity contribution in [2.75, 3.05) is 11.9 Å². The van der Waals surface area contributed by atoms with Crippen LogP contribution in [0, 0.1) is 17.2 Å². The molecule has 2 aliphatic carbocycles. The van der Waals surface area contributed by atoms with Crippen LogP contribution in [0.1, 0.15) is 83.9 Å². The van der Waals surface area contributed by atoms with Gasteiger partial charge in [-0.05, 0) is 78.8 Å². The Kier molecular flexibility index (Phi) is 8.22. The molecule has 0 spiro atoms. The maximum Gasteiger partial charge on any atom is 0.319 e. The average Bonchev–Trinajstić information content (AvgIpc) is 3.83. The lowest BCUT2D eigenvalue weighted by molar-refractivity contribution is 0.0935. The first-order valence-corrected chi connectivity index (χ1v) is 16.4. The molecule has 4 aromatic rings. The van der Waals surface area contributed by atoms with E-state index in [1.165, 1.54) is 6.20 Å². The molecule has 11 nitrogen and oxygen atoms in total. The van der Waals surface area contributed by atoms with Crippen LogP contribution < -0.4 is 20.7 Å². The Hall–Kier alpha value is -4.86. The van der Waals surface area contributed by atoms with Crippen molar-refractivity contribution >= 4 is 38.4 Å². The van der Waals surface area contributed by atoms with Gasteiger partial charge >= 0.3 is 6.03 Å². The van der Waals surface area contributed by atoms with Gasteiger partial charge in [0.05, 0.1) is 34.2 Å². The minimum Gasteiger partial charge on any atom is -0.345 e. The summed E-state index contributed by atoms with van der Waals surface area (Å²) in [6.07, 6.45) is 7.02. The van der Waals surface area contributed by atoms with Gasteiger partial charge in [0.1, 0.15) is 0 Å². The van der Waals surface area contributed by atoms with Crippen LogP contribution in [-0.2, 0) is 10.0 Å². The van der Waals surface area contributed by atoms with Crippen molar-refractivity contribution in [2.45, 2.75) is 56.0 Å². The lowest BCUT2D eigenvalue weighted by Crippen LogP contribution is -2.33. The van der Waals surface area contributed by atoms with Gasteiger partial charge in [-0.1, -0.05) is 19.9 Å². The van der Waals surface area contributed by atoms with E-state index in [2.05, 4.69) is 25.7 Å². The molecule has 2 aromatic carbocycles. The number of hydrogen-bond acceptors (Lipinski definition) is 7.